The molecule has 7 nitrogen and oxygen atoms in total. The summed E-state index contributed by atoms with van der Waals surface area (Å²) in [6, 6.07) is 15.7. The van der Waals surface area contributed by atoms with Gasteiger partial charge in [-0.2, -0.15) is 4.31 Å². The molecule has 1 heterocycles. The lowest BCUT2D eigenvalue weighted by Gasteiger charge is -2.33. The number of nitrogens with one attached hydrogen (secondary N) is 1. The first-order chi connectivity index (χ1) is 15.4. The Labute approximate surface area is 189 Å². The van der Waals surface area contributed by atoms with E-state index in [2.05, 4.69) is 5.32 Å². The second-order valence-electron chi connectivity index (χ2n) is 8.61. The molecule has 8 heteroatoms. The number of ether oxygens (including phenoxy) is 1. The molecule has 0 spiro atoms. The van der Waals surface area contributed by atoms with E-state index in [1.807, 2.05) is 30.3 Å². The molecule has 1 unspecified atom stereocenters. The lowest BCUT2D eigenvalue weighted by atomic mass is 9.92. The molecular weight excluding hydrogens is 428 g/mol. The van der Waals surface area contributed by atoms with Crippen molar-refractivity contribution in [1.82, 2.24) is 9.62 Å². The van der Waals surface area contributed by atoms with Crippen LogP contribution < -0.4 is 10.1 Å². The van der Waals surface area contributed by atoms with Gasteiger partial charge in [-0.1, -0.05) is 24.3 Å². The first-order valence-electron chi connectivity index (χ1n) is 11.2. The number of amides is 1. The van der Waals surface area contributed by atoms with Gasteiger partial charge in [-0.25, -0.2) is 8.42 Å². The van der Waals surface area contributed by atoms with Crippen LogP contribution in [0, 0.1) is 5.92 Å². The number of carbonyl (C=O) groups is 1. The third kappa shape index (κ3) is 5.49. The normalized spacial score (nSPS) is 24.6. The van der Waals surface area contributed by atoms with Crippen LogP contribution in [0.1, 0.15) is 38.5 Å². The maximum Gasteiger partial charge on any atom is 0.243 e. The van der Waals surface area contributed by atoms with Gasteiger partial charge in [-0.15, -0.1) is 0 Å². The second-order valence-corrected chi connectivity index (χ2v) is 10.5. The maximum atomic E-state index is 13.3. The number of aliphatic hydroxyl groups excluding tert-OH is 1. The summed E-state index contributed by atoms with van der Waals surface area (Å²) < 4.78 is 33.8. The number of rotatable bonds is 6. The average molecular weight is 459 g/mol. The van der Waals surface area contributed by atoms with Crippen molar-refractivity contribution in [3.63, 3.8) is 0 Å². The third-order valence-electron chi connectivity index (χ3n) is 6.22. The summed E-state index contributed by atoms with van der Waals surface area (Å²) in [5.41, 5.74) is 0. The highest BCUT2D eigenvalue weighted by atomic mass is 32.2. The van der Waals surface area contributed by atoms with E-state index in [0.29, 0.717) is 43.7 Å². The molecule has 32 heavy (non-hydrogen) atoms. The number of carbonyl (C=O) groups excluding carboxylic acids is 1. The number of hydrogen-bond acceptors (Lipinski definition) is 5. The Kier molecular flexibility index (Phi) is 7.13. The van der Waals surface area contributed by atoms with E-state index in [9.17, 15) is 18.3 Å². The van der Waals surface area contributed by atoms with Gasteiger partial charge in [0.15, 0.2) is 0 Å². The molecule has 2 N–H and O–H groups in total. The van der Waals surface area contributed by atoms with Gasteiger partial charge in [0.1, 0.15) is 11.5 Å². The SMILES string of the molecule is O=C(NC1CCC(O)CC1)C1CCCN(S(=O)(=O)c2cccc(Oc3ccccc3)c2)C1. The summed E-state index contributed by atoms with van der Waals surface area (Å²) in [5, 5.41) is 12.7. The molecule has 0 aromatic heterocycles. The zero-order chi connectivity index (χ0) is 22.6. The first-order valence-corrected chi connectivity index (χ1v) is 12.7. The van der Waals surface area contributed by atoms with Gasteiger partial charge in [-0.05, 0) is 62.8 Å². The van der Waals surface area contributed by atoms with Crippen LogP contribution in [0.15, 0.2) is 59.5 Å². The van der Waals surface area contributed by atoms with E-state index in [1.54, 1.807) is 18.2 Å². The zero-order valence-electron chi connectivity index (χ0n) is 18.0. The smallest absolute Gasteiger partial charge is 0.243 e. The van der Waals surface area contributed by atoms with E-state index in [0.717, 1.165) is 12.8 Å². The fraction of sp³-hybridized carbons (Fsp3) is 0.458. The Morgan fingerprint density at radius 2 is 1.69 bits per heavy atom. The van der Waals surface area contributed by atoms with Crippen molar-refractivity contribution in [2.75, 3.05) is 13.1 Å². The van der Waals surface area contributed by atoms with Gasteiger partial charge in [0.25, 0.3) is 0 Å². The Balaban J connectivity index is 1.42. The van der Waals surface area contributed by atoms with Crippen LogP contribution in [-0.4, -0.2) is 49.0 Å². The highest BCUT2D eigenvalue weighted by Crippen LogP contribution is 2.28. The number of para-hydroxylation sites is 1. The summed E-state index contributed by atoms with van der Waals surface area (Å²) in [6.07, 6.45) is 3.94. The van der Waals surface area contributed by atoms with Crippen molar-refractivity contribution in [2.45, 2.75) is 55.6 Å². The lowest BCUT2D eigenvalue weighted by Crippen LogP contribution is -2.48. The number of sulfonamides is 1. The Morgan fingerprint density at radius 3 is 2.44 bits per heavy atom. The molecule has 4 rings (SSSR count). The summed E-state index contributed by atoms with van der Waals surface area (Å²) in [4.78, 5) is 13.0. The van der Waals surface area contributed by atoms with E-state index >= 15 is 0 Å². The topological polar surface area (TPSA) is 95.9 Å². The summed E-state index contributed by atoms with van der Waals surface area (Å²) in [5.74, 6) is 0.622. The molecule has 172 valence electrons. The van der Waals surface area contributed by atoms with Crippen LogP contribution in [0.3, 0.4) is 0 Å². The monoisotopic (exact) mass is 458 g/mol. The van der Waals surface area contributed by atoms with Gasteiger partial charge in [-0.3, -0.25) is 4.79 Å². The van der Waals surface area contributed by atoms with E-state index in [1.165, 1.54) is 10.4 Å². The number of hydrogen-bond donors (Lipinski definition) is 2. The molecule has 1 saturated carbocycles. The van der Waals surface area contributed by atoms with Crippen LogP contribution in [0.25, 0.3) is 0 Å². The number of nitrogens with zero attached hydrogens (tertiary/aromatic N) is 1. The molecule has 0 bridgehead atoms. The summed E-state index contributed by atoms with van der Waals surface area (Å²) in [7, 11) is -3.74. The average Bonchev–Trinajstić information content (AvgIpc) is 2.81. The standard InChI is InChI=1S/C24H30N2O5S/c27-20-13-11-19(12-14-20)25-24(28)18-6-5-15-26(17-18)32(29,30)23-10-4-9-22(16-23)31-21-7-2-1-3-8-21/h1-4,7-10,16,18-20,27H,5-6,11-15,17H2,(H,25,28). The number of piperidine rings is 1. The van der Waals surface area contributed by atoms with Crippen LogP contribution in [-0.2, 0) is 14.8 Å². The minimum Gasteiger partial charge on any atom is -0.457 e. The molecule has 1 amide bonds. The van der Waals surface area contributed by atoms with Crippen molar-refractivity contribution in [3.8, 4) is 11.5 Å². The maximum absolute atomic E-state index is 13.3. The molecule has 1 atom stereocenters. The fourth-order valence-corrected chi connectivity index (χ4v) is 5.95. The molecule has 0 radical (unpaired) electrons. The van der Waals surface area contributed by atoms with E-state index in [4.69, 9.17) is 4.74 Å². The quantitative estimate of drug-likeness (QED) is 0.693. The van der Waals surface area contributed by atoms with Crippen molar-refractivity contribution < 1.29 is 23.1 Å². The highest BCUT2D eigenvalue weighted by molar-refractivity contribution is 7.89. The Hall–Kier alpha value is -2.42. The van der Waals surface area contributed by atoms with Crippen LogP contribution >= 0.6 is 0 Å². The lowest BCUT2D eigenvalue weighted by molar-refractivity contribution is -0.127. The fourth-order valence-electron chi connectivity index (χ4n) is 4.39. The molecule has 1 aliphatic heterocycles. The predicted octanol–water partition coefficient (Wildman–Crippen LogP) is 3.30. The van der Waals surface area contributed by atoms with Gasteiger partial charge in [0.05, 0.1) is 16.9 Å². The van der Waals surface area contributed by atoms with Gasteiger partial charge in [0, 0.05) is 25.2 Å². The molecule has 1 saturated heterocycles. The van der Waals surface area contributed by atoms with Crippen molar-refractivity contribution in [1.29, 1.82) is 0 Å². The van der Waals surface area contributed by atoms with Crippen LogP contribution in [0.4, 0.5) is 0 Å². The molecule has 1 aliphatic carbocycles. The number of benzene rings is 2. The van der Waals surface area contributed by atoms with Gasteiger partial charge < -0.3 is 15.2 Å². The molecular formula is C24H30N2O5S. The Morgan fingerprint density at radius 1 is 0.969 bits per heavy atom. The van der Waals surface area contributed by atoms with Gasteiger partial charge in [0.2, 0.25) is 15.9 Å². The predicted molar refractivity (Wildman–Crippen MR) is 121 cm³/mol. The van der Waals surface area contributed by atoms with Crippen LogP contribution in [0.2, 0.25) is 0 Å². The zero-order valence-corrected chi connectivity index (χ0v) is 18.8. The summed E-state index contributed by atoms with van der Waals surface area (Å²) in [6.45, 7) is 0.568. The van der Waals surface area contributed by atoms with E-state index in [-0.39, 0.29) is 35.4 Å². The van der Waals surface area contributed by atoms with E-state index < -0.39 is 10.0 Å². The van der Waals surface area contributed by atoms with Gasteiger partial charge >= 0.3 is 0 Å². The largest absolute Gasteiger partial charge is 0.457 e. The molecule has 2 fully saturated rings. The van der Waals surface area contributed by atoms with Crippen molar-refractivity contribution in [3.05, 3.63) is 54.6 Å². The molecule has 2 aromatic carbocycles. The molecule has 2 aliphatic rings. The number of aliphatic hydroxyl groups is 1. The Bertz CT molecular complexity index is 1020. The second kappa shape index (κ2) is 10.0. The third-order valence-corrected chi connectivity index (χ3v) is 8.08. The minimum absolute atomic E-state index is 0.0599. The van der Waals surface area contributed by atoms with Crippen molar-refractivity contribution >= 4 is 15.9 Å². The van der Waals surface area contributed by atoms with Crippen molar-refractivity contribution in [2.24, 2.45) is 5.92 Å². The van der Waals surface area contributed by atoms with Crippen LogP contribution in [0.5, 0.6) is 11.5 Å². The summed E-state index contributed by atoms with van der Waals surface area (Å²) >= 11 is 0. The highest BCUT2D eigenvalue weighted by Gasteiger charge is 2.34. The molecule has 2 aromatic rings. The first kappa shape index (κ1) is 22.8. The minimum atomic E-state index is -3.74.